The van der Waals surface area contributed by atoms with E-state index in [1.54, 1.807) is 18.3 Å². The van der Waals surface area contributed by atoms with E-state index in [0.717, 1.165) is 17.0 Å². The molecule has 2 aromatic rings. The molecule has 19 heavy (non-hydrogen) atoms. The Morgan fingerprint density at radius 2 is 2.32 bits per heavy atom. The third-order valence-corrected chi connectivity index (χ3v) is 4.44. The number of rotatable bonds is 5. The molecule has 0 bridgehead atoms. The van der Waals surface area contributed by atoms with Crippen LogP contribution in [0.3, 0.4) is 0 Å². The molecule has 0 radical (unpaired) electrons. The summed E-state index contributed by atoms with van der Waals surface area (Å²) in [7, 11) is 0. The molecule has 2 aromatic heterocycles. The molecule has 6 heteroatoms. The van der Waals surface area contributed by atoms with Crippen LogP contribution in [0.2, 0.25) is 0 Å². The molecule has 0 aliphatic rings. The zero-order valence-electron chi connectivity index (χ0n) is 11.0. The zero-order chi connectivity index (χ0) is 13.9. The first-order valence-electron chi connectivity index (χ1n) is 6.12. The molecule has 2 heterocycles. The summed E-state index contributed by atoms with van der Waals surface area (Å²) < 4.78 is 0. The highest BCUT2D eigenvalue weighted by molar-refractivity contribution is 7.16. The number of thiophene rings is 1. The van der Waals surface area contributed by atoms with Crippen molar-refractivity contribution in [2.75, 3.05) is 5.32 Å². The van der Waals surface area contributed by atoms with E-state index >= 15 is 0 Å². The number of amides is 1. The molecule has 0 spiro atoms. The second-order valence-electron chi connectivity index (χ2n) is 4.64. The maximum Gasteiger partial charge on any atom is 0.245 e. The van der Waals surface area contributed by atoms with Gasteiger partial charge in [0.1, 0.15) is 0 Å². The Labute approximate surface area is 120 Å². The van der Waals surface area contributed by atoms with Gasteiger partial charge in [-0.3, -0.25) is 4.79 Å². The van der Waals surface area contributed by atoms with Gasteiger partial charge in [0.25, 0.3) is 0 Å². The number of hydrogen-bond donors (Lipinski definition) is 2. The van der Waals surface area contributed by atoms with E-state index in [-0.39, 0.29) is 5.91 Å². The van der Waals surface area contributed by atoms with Crippen LogP contribution in [0.1, 0.15) is 26.7 Å². The molecule has 1 amide bonds. The number of nitrogens with one attached hydrogen (secondary N) is 1. The molecular formula is C13H17N3OS2. The van der Waals surface area contributed by atoms with Crippen molar-refractivity contribution in [2.45, 2.75) is 32.2 Å². The number of nitrogens with zero attached hydrogens (tertiary/aromatic N) is 1. The Morgan fingerprint density at radius 1 is 1.53 bits per heavy atom. The minimum atomic E-state index is -0.844. The van der Waals surface area contributed by atoms with Crippen LogP contribution in [-0.4, -0.2) is 16.4 Å². The Balaban J connectivity index is 2.06. The number of carbonyl (C=O) groups is 1. The molecule has 0 aliphatic carbocycles. The summed E-state index contributed by atoms with van der Waals surface area (Å²) in [6.07, 6.45) is 1.53. The summed E-state index contributed by atoms with van der Waals surface area (Å²) in [5.74, 6) is -0.179. The molecule has 4 nitrogen and oxygen atoms in total. The number of thiazole rings is 1. The first-order chi connectivity index (χ1) is 9.03. The predicted molar refractivity (Wildman–Crippen MR) is 81.6 cm³/mol. The van der Waals surface area contributed by atoms with Gasteiger partial charge in [-0.2, -0.15) is 0 Å². The van der Waals surface area contributed by atoms with E-state index in [1.807, 2.05) is 29.8 Å². The van der Waals surface area contributed by atoms with E-state index in [1.165, 1.54) is 11.3 Å². The van der Waals surface area contributed by atoms with Crippen LogP contribution in [0.4, 0.5) is 5.13 Å². The van der Waals surface area contributed by atoms with Gasteiger partial charge in [0.2, 0.25) is 5.91 Å². The van der Waals surface area contributed by atoms with Gasteiger partial charge in [-0.05, 0) is 24.8 Å². The van der Waals surface area contributed by atoms with Gasteiger partial charge in [-0.1, -0.05) is 19.4 Å². The van der Waals surface area contributed by atoms with Crippen molar-refractivity contribution in [1.29, 1.82) is 0 Å². The lowest BCUT2D eigenvalue weighted by Crippen LogP contribution is -2.48. The van der Waals surface area contributed by atoms with E-state index in [2.05, 4.69) is 10.3 Å². The van der Waals surface area contributed by atoms with E-state index in [4.69, 9.17) is 5.73 Å². The van der Waals surface area contributed by atoms with Crippen LogP contribution in [0.25, 0.3) is 10.6 Å². The second-order valence-corrected chi connectivity index (χ2v) is 6.44. The molecule has 3 N–H and O–H groups in total. The maximum atomic E-state index is 12.1. The summed E-state index contributed by atoms with van der Waals surface area (Å²) in [5, 5.41) is 7.34. The molecule has 102 valence electrons. The first-order valence-corrected chi connectivity index (χ1v) is 7.88. The summed E-state index contributed by atoms with van der Waals surface area (Å²) in [6, 6.07) is 3.99. The molecule has 1 unspecified atom stereocenters. The topological polar surface area (TPSA) is 68.0 Å². The Kier molecular flexibility index (Phi) is 4.34. The van der Waals surface area contributed by atoms with Crippen LogP contribution in [-0.2, 0) is 4.79 Å². The molecule has 1 atom stereocenters. The first kappa shape index (κ1) is 14.2. The molecule has 0 fully saturated rings. The van der Waals surface area contributed by atoms with Crippen molar-refractivity contribution in [3.8, 4) is 10.6 Å². The van der Waals surface area contributed by atoms with Gasteiger partial charge in [0, 0.05) is 5.38 Å². The highest BCUT2D eigenvalue weighted by Crippen LogP contribution is 2.28. The van der Waals surface area contributed by atoms with E-state index in [9.17, 15) is 4.79 Å². The average molecular weight is 295 g/mol. The molecular weight excluding hydrogens is 278 g/mol. The monoisotopic (exact) mass is 295 g/mol. The fourth-order valence-electron chi connectivity index (χ4n) is 1.74. The van der Waals surface area contributed by atoms with Crippen molar-refractivity contribution in [3.63, 3.8) is 0 Å². The van der Waals surface area contributed by atoms with Crippen molar-refractivity contribution in [1.82, 2.24) is 4.98 Å². The fourth-order valence-corrected chi connectivity index (χ4v) is 3.21. The molecule has 0 saturated heterocycles. The quantitative estimate of drug-likeness (QED) is 0.889. The van der Waals surface area contributed by atoms with Gasteiger partial charge < -0.3 is 11.1 Å². The van der Waals surface area contributed by atoms with Crippen molar-refractivity contribution in [2.24, 2.45) is 5.73 Å². The van der Waals surface area contributed by atoms with Crippen LogP contribution >= 0.6 is 22.7 Å². The SMILES string of the molecule is CCCC(C)(N)C(=O)Nc1nc(-c2cccs2)cs1. The van der Waals surface area contributed by atoms with Gasteiger partial charge in [0.15, 0.2) is 5.13 Å². The lowest BCUT2D eigenvalue weighted by molar-refractivity contribution is -0.120. The Morgan fingerprint density at radius 3 is 2.95 bits per heavy atom. The van der Waals surface area contributed by atoms with Crippen molar-refractivity contribution in [3.05, 3.63) is 22.9 Å². The smallest absolute Gasteiger partial charge is 0.245 e. The van der Waals surface area contributed by atoms with Crippen LogP contribution in [0.15, 0.2) is 22.9 Å². The molecule has 0 saturated carbocycles. The molecule has 0 aliphatic heterocycles. The highest BCUT2D eigenvalue weighted by Gasteiger charge is 2.27. The summed E-state index contributed by atoms with van der Waals surface area (Å²) in [6.45, 7) is 3.76. The largest absolute Gasteiger partial charge is 0.318 e. The maximum absolute atomic E-state index is 12.1. The normalized spacial score (nSPS) is 14.1. The third-order valence-electron chi connectivity index (χ3n) is 2.79. The number of anilines is 1. The van der Waals surface area contributed by atoms with Gasteiger partial charge >= 0.3 is 0 Å². The highest BCUT2D eigenvalue weighted by atomic mass is 32.1. The standard InChI is InChI=1S/C13H17N3OS2/c1-3-6-13(2,14)11(17)16-12-15-9(8-19-12)10-5-4-7-18-10/h4-5,7-8H,3,6,14H2,1-2H3,(H,15,16,17). The Bertz CT molecular complexity index is 546. The number of hydrogen-bond acceptors (Lipinski definition) is 5. The lowest BCUT2D eigenvalue weighted by Gasteiger charge is -2.21. The zero-order valence-corrected chi connectivity index (χ0v) is 12.6. The molecule has 2 rings (SSSR count). The van der Waals surface area contributed by atoms with Crippen molar-refractivity contribution < 1.29 is 4.79 Å². The summed E-state index contributed by atoms with van der Waals surface area (Å²) in [4.78, 5) is 17.6. The van der Waals surface area contributed by atoms with Gasteiger partial charge in [0.05, 0.1) is 16.1 Å². The lowest BCUT2D eigenvalue weighted by atomic mass is 9.97. The summed E-state index contributed by atoms with van der Waals surface area (Å²) in [5.41, 5.74) is 6.04. The second kappa shape index (κ2) is 5.81. The van der Waals surface area contributed by atoms with Crippen molar-refractivity contribution >= 4 is 33.7 Å². The minimum Gasteiger partial charge on any atom is -0.318 e. The van der Waals surface area contributed by atoms with Crippen LogP contribution < -0.4 is 11.1 Å². The van der Waals surface area contributed by atoms with Gasteiger partial charge in [-0.15, -0.1) is 22.7 Å². The Hall–Kier alpha value is -1.24. The predicted octanol–water partition coefficient (Wildman–Crippen LogP) is 3.33. The molecule has 0 aromatic carbocycles. The third kappa shape index (κ3) is 3.40. The average Bonchev–Trinajstić information content (AvgIpc) is 2.97. The van der Waals surface area contributed by atoms with Crippen LogP contribution in [0.5, 0.6) is 0 Å². The van der Waals surface area contributed by atoms with E-state index in [0.29, 0.717) is 11.6 Å². The number of carbonyl (C=O) groups excluding carboxylic acids is 1. The summed E-state index contributed by atoms with van der Waals surface area (Å²) >= 11 is 3.05. The number of nitrogens with two attached hydrogens (primary N) is 1. The minimum absolute atomic E-state index is 0.179. The van der Waals surface area contributed by atoms with Gasteiger partial charge in [-0.25, -0.2) is 4.98 Å². The van der Waals surface area contributed by atoms with Crippen LogP contribution in [0, 0.1) is 0 Å². The fraction of sp³-hybridized carbons (Fsp3) is 0.385. The number of aromatic nitrogens is 1. The van der Waals surface area contributed by atoms with E-state index < -0.39 is 5.54 Å².